The predicted molar refractivity (Wildman–Crippen MR) is 90.8 cm³/mol. The van der Waals surface area contributed by atoms with Gasteiger partial charge in [-0.15, -0.1) is 0 Å². The van der Waals surface area contributed by atoms with Gasteiger partial charge in [-0.25, -0.2) is 0 Å². The van der Waals surface area contributed by atoms with Gasteiger partial charge in [0.15, 0.2) is 11.5 Å². The van der Waals surface area contributed by atoms with Crippen molar-refractivity contribution in [3.63, 3.8) is 0 Å². The molecule has 0 aliphatic carbocycles. The molecule has 1 aromatic carbocycles. The number of aryl methyl sites for hydroxylation is 1. The summed E-state index contributed by atoms with van der Waals surface area (Å²) in [5.74, 6) is 1.08. The van der Waals surface area contributed by atoms with Gasteiger partial charge < -0.3 is 9.26 Å². The van der Waals surface area contributed by atoms with Gasteiger partial charge in [-0.1, -0.05) is 17.3 Å². The highest BCUT2D eigenvalue weighted by atomic mass is 16.5. The Kier molecular flexibility index (Phi) is 3.76. The highest BCUT2D eigenvalue weighted by Gasteiger charge is 2.29. The van der Waals surface area contributed by atoms with E-state index in [1.807, 2.05) is 44.3 Å². The van der Waals surface area contributed by atoms with Crippen molar-refractivity contribution in [1.82, 2.24) is 14.9 Å². The molecule has 0 fully saturated rings. The van der Waals surface area contributed by atoms with E-state index < -0.39 is 0 Å². The van der Waals surface area contributed by atoms with Gasteiger partial charge in [0.25, 0.3) is 5.91 Å². The number of nitrogens with zero attached hydrogens (tertiary/aromatic N) is 4. The molecule has 7 nitrogen and oxygen atoms in total. The van der Waals surface area contributed by atoms with Crippen molar-refractivity contribution in [1.29, 1.82) is 0 Å². The smallest absolute Gasteiger partial charge is 0.280 e. The molecule has 0 saturated carbocycles. The molecule has 1 atom stereocenters. The zero-order valence-electron chi connectivity index (χ0n) is 14.0. The highest BCUT2D eigenvalue weighted by Crippen LogP contribution is 2.33. The number of rotatable bonds is 3. The maximum Gasteiger partial charge on any atom is 0.280 e. The molecule has 0 radical (unpaired) electrons. The minimum absolute atomic E-state index is 0.0859. The normalized spacial score (nSPS) is 16.4. The molecule has 25 heavy (non-hydrogen) atoms. The van der Waals surface area contributed by atoms with Crippen LogP contribution < -0.4 is 9.64 Å². The third-order valence-corrected chi connectivity index (χ3v) is 4.03. The fourth-order valence-corrected chi connectivity index (χ4v) is 2.92. The maximum atomic E-state index is 12.9. The first kappa shape index (κ1) is 15.4. The largest absolute Gasteiger partial charge is 0.487 e. The lowest BCUT2D eigenvalue weighted by molar-refractivity contribution is 0.0952. The number of carbonyl (C=O) groups excluding carboxylic acids is 1. The summed E-state index contributed by atoms with van der Waals surface area (Å²) in [6.07, 6.45) is 3.59. The first-order chi connectivity index (χ1) is 12.1. The Balaban J connectivity index is 1.57. The molecule has 0 bridgehead atoms. The first-order valence-electron chi connectivity index (χ1n) is 8.12. The maximum absolute atomic E-state index is 12.9. The van der Waals surface area contributed by atoms with Crippen LogP contribution in [0.3, 0.4) is 0 Å². The van der Waals surface area contributed by atoms with Crippen molar-refractivity contribution < 1.29 is 14.1 Å². The molecule has 0 spiro atoms. The monoisotopic (exact) mass is 338 g/mol. The summed E-state index contributed by atoms with van der Waals surface area (Å²) < 4.78 is 12.8. The molecule has 7 heteroatoms. The Hall–Kier alpha value is -3.09. The standard InChI is InChI=1S/C18H18N4O3/c1-12-8-19-21(9-12)11-14-7-15(20-25-14)18(23)22-10-13(2)24-17-6-4-3-5-16(17)22/h3-9,13H,10-11H2,1-2H3/t13-/m0/s1. The Labute approximate surface area is 144 Å². The third-order valence-electron chi connectivity index (χ3n) is 4.03. The van der Waals surface area contributed by atoms with Crippen LogP contribution in [0.2, 0.25) is 0 Å². The zero-order valence-corrected chi connectivity index (χ0v) is 14.0. The van der Waals surface area contributed by atoms with E-state index in [1.54, 1.807) is 21.8 Å². The van der Waals surface area contributed by atoms with E-state index in [9.17, 15) is 4.79 Å². The molecule has 0 saturated heterocycles. The number of anilines is 1. The topological polar surface area (TPSA) is 73.4 Å². The van der Waals surface area contributed by atoms with Crippen molar-refractivity contribution in [3.05, 3.63) is 59.7 Å². The van der Waals surface area contributed by atoms with Crippen LogP contribution in [-0.2, 0) is 6.54 Å². The number of fused-ring (bicyclic) bond motifs is 1. The number of aromatic nitrogens is 3. The van der Waals surface area contributed by atoms with E-state index in [0.29, 0.717) is 24.6 Å². The minimum Gasteiger partial charge on any atom is -0.487 e. The van der Waals surface area contributed by atoms with Crippen LogP contribution in [0.4, 0.5) is 5.69 Å². The van der Waals surface area contributed by atoms with Gasteiger partial charge in [-0.3, -0.25) is 14.4 Å². The van der Waals surface area contributed by atoms with Crippen LogP contribution in [0.15, 0.2) is 47.2 Å². The summed E-state index contributed by atoms with van der Waals surface area (Å²) in [4.78, 5) is 14.6. The lowest BCUT2D eigenvalue weighted by Gasteiger charge is -2.32. The van der Waals surface area contributed by atoms with Gasteiger partial charge in [-0.05, 0) is 31.5 Å². The molecule has 2 aromatic heterocycles. The van der Waals surface area contributed by atoms with Crippen molar-refractivity contribution in [3.8, 4) is 5.75 Å². The molecular formula is C18H18N4O3. The summed E-state index contributed by atoms with van der Waals surface area (Å²) in [6.45, 7) is 4.81. The second-order valence-electron chi connectivity index (χ2n) is 6.21. The lowest BCUT2D eigenvalue weighted by Crippen LogP contribution is -2.42. The molecule has 1 aliphatic rings. The predicted octanol–water partition coefficient (Wildman–Crippen LogP) is 2.66. The molecule has 1 aliphatic heterocycles. The Morgan fingerprint density at radius 2 is 2.20 bits per heavy atom. The average Bonchev–Trinajstić information content (AvgIpc) is 3.23. The van der Waals surface area contributed by atoms with Crippen molar-refractivity contribution in [2.24, 2.45) is 0 Å². The van der Waals surface area contributed by atoms with Crippen molar-refractivity contribution in [2.75, 3.05) is 11.4 Å². The molecule has 0 N–H and O–H groups in total. The molecule has 4 rings (SSSR count). The van der Waals surface area contributed by atoms with E-state index in [0.717, 1.165) is 11.3 Å². The van der Waals surface area contributed by atoms with Gasteiger partial charge >= 0.3 is 0 Å². The number of benzene rings is 1. The van der Waals surface area contributed by atoms with E-state index in [2.05, 4.69) is 10.3 Å². The number of hydrogen-bond acceptors (Lipinski definition) is 5. The lowest BCUT2D eigenvalue weighted by atomic mass is 10.2. The van der Waals surface area contributed by atoms with Crippen molar-refractivity contribution in [2.45, 2.75) is 26.5 Å². The summed E-state index contributed by atoms with van der Waals surface area (Å²) in [7, 11) is 0. The van der Waals surface area contributed by atoms with E-state index in [1.165, 1.54) is 0 Å². The van der Waals surface area contributed by atoms with Crippen LogP contribution in [-0.4, -0.2) is 33.5 Å². The van der Waals surface area contributed by atoms with Gasteiger partial charge in [0.05, 0.1) is 18.4 Å². The van der Waals surface area contributed by atoms with Gasteiger partial charge in [0.1, 0.15) is 18.4 Å². The molecule has 3 aromatic rings. The molecule has 1 amide bonds. The minimum atomic E-state index is -0.200. The summed E-state index contributed by atoms with van der Waals surface area (Å²) in [5.41, 5.74) is 2.09. The molecule has 3 heterocycles. The van der Waals surface area contributed by atoms with E-state index in [-0.39, 0.29) is 17.7 Å². The second-order valence-corrected chi connectivity index (χ2v) is 6.21. The molecular weight excluding hydrogens is 320 g/mol. The Morgan fingerprint density at radius 3 is 3.00 bits per heavy atom. The second kappa shape index (κ2) is 6.08. The average molecular weight is 338 g/mol. The zero-order chi connectivity index (χ0) is 17.4. The molecule has 128 valence electrons. The third kappa shape index (κ3) is 3.00. The van der Waals surface area contributed by atoms with Crippen LogP contribution >= 0.6 is 0 Å². The number of amides is 1. The summed E-state index contributed by atoms with van der Waals surface area (Å²) >= 11 is 0. The SMILES string of the molecule is Cc1cnn(Cc2cc(C(=O)N3C[C@H](C)Oc4ccccc43)no2)c1. The quantitative estimate of drug-likeness (QED) is 0.734. The van der Waals surface area contributed by atoms with Gasteiger partial charge in [0, 0.05) is 12.3 Å². The Morgan fingerprint density at radius 1 is 1.36 bits per heavy atom. The molecule has 0 unspecified atom stereocenters. The van der Waals surface area contributed by atoms with Crippen LogP contribution in [0, 0.1) is 6.92 Å². The summed E-state index contributed by atoms with van der Waals surface area (Å²) in [6, 6.07) is 9.17. The van der Waals surface area contributed by atoms with Gasteiger partial charge in [-0.2, -0.15) is 5.10 Å². The van der Waals surface area contributed by atoms with E-state index >= 15 is 0 Å². The van der Waals surface area contributed by atoms with Crippen LogP contribution in [0.1, 0.15) is 28.7 Å². The fraction of sp³-hybridized carbons (Fsp3) is 0.278. The fourth-order valence-electron chi connectivity index (χ4n) is 2.92. The summed E-state index contributed by atoms with van der Waals surface area (Å²) in [5, 5.41) is 8.16. The Bertz CT molecular complexity index is 914. The number of hydrogen-bond donors (Lipinski definition) is 0. The van der Waals surface area contributed by atoms with Gasteiger partial charge in [0.2, 0.25) is 0 Å². The number of para-hydroxylation sites is 2. The van der Waals surface area contributed by atoms with Crippen LogP contribution in [0.5, 0.6) is 5.75 Å². The highest BCUT2D eigenvalue weighted by molar-refractivity contribution is 6.05. The van der Waals surface area contributed by atoms with E-state index in [4.69, 9.17) is 9.26 Å². The van der Waals surface area contributed by atoms with Crippen LogP contribution in [0.25, 0.3) is 0 Å². The number of carbonyl (C=O) groups is 1. The number of ether oxygens (including phenoxy) is 1. The van der Waals surface area contributed by atoms with Crippen molar-refractivity contribution >= 4 is 11.6 Å². The first-order valence-corrected chi connectivity index (χ1v) is 8.12.